The van der Waals surface area contributed by atoms with Gasteiger partial charge in [-0.2, -0.15) is 0 Å². The van der Waals surface area contributed by atoms with Gasteiger partial charge in [-0.1, -0.05) is 35.3 Å². The Balaban J connectivity index is 2.63. The predicted molar refractivity (Wildman–Crippen MR) is 58.5 cm³/mol. The lowest BCUT2D eigenvalue weighted by Crippen LogP contribution is -1.82. The fourth-order valence-corrected chi connectivity index (χ4v) is 1.81. The minimum atomic E-state index is 0.519. The van der Waals surface area contributed by atoms with E-state index in [-0.39, 0.29) is 0 Å². The Morgan fingerprint density at radius 2 is 2.07 bits per heavy atom. The number of rotatable bonds is 1. The molecule has 1 aromatic carbocycles. The lowest BCUT2D eigenvalue weighted by Gasteiger charge is -2.05. The molecule has 0 saturated carbocycles. The average molecular weight is 223 g/mol. The van der Waals surface area contributed by atoms with E-state index in [1.54, 1.807) is 24.5 Å². The van der Waals surface area contributed by atoms with Gasteiger partial charge in [-0.05, 0) is 12.1 Å². The van der Waals surface area contributed by atoms with Crippen molar-refractivity contribution in [2.45, 2.75) is 0 Å². The highest BCUT2D eigenvalue weighted by Gasteiger charge is 2.07. The highest BCUT2D eigenvalue weighted by Crippen LogP contribution is 2.33. The van der Waals surface area contributed by atoms with Gasteiger partial charge >= 0.3 is 0 Å². The molecule has 0 aliphatic rings. The summed E-state index contributed by atoms with van der Waals surface area (Å²) in [6, 6.07) is 10.1. The number of aromatic nitrogens is 1. The molecule has 1 aromatic heterocycles. The Labute approximate surface area is 92.3 Å². The van der Waals surface area contributed by atoms with Crippen LogP contribution in [0.25, 0.3) is 11.1 Å². The molecule has 0 bridgehead atoms. The second-order valence-corrected chi connectivity index (χ2v) is 3.54. The van der Waals surface area contributed by atoms with Crippen LogP contribution in [0.4, 0.5) is 0 Å². The van der Waals surface area contributed by atoms with Crippen molar-refractivity contribution in [3.63, 3.8) is 0 Å². The number of pyridine rings is 1. The molecular weight excluding hydrogens is 217 g/mol. The molecule has 0 aliphatic carbocycles. The van der Waals surface area contributed by atoms with E-state index < -0.39 is 0 Å². The quantitative estimate of drug-likeness (QED) is 0.715. The van der Waals surface area contributed by atoms with E-state index in [2.05, 4.69) is 11.1 Å². The van der Waals surface area contributed by atoms with E-state index in [1.807, 2.05) is 12.1 Å². The maximum absolute atomic E-state index is 6.03. The van der Waals surface area contributed by atoms with Gasteiger partial charge in [0.05, 0.1) is 5.02 Å². The van der Waals surface area contributed by atoms with Crippen LogP contribution in [0.2, 0.25) is 10.0 Å². The smallest absolute Gasteiger partial charge is 0.0578 e. The first-order valence-corrected chi connectivity index (χ1v) is 4.80. The van der Waals surface area contributed by atoms with Crippen LogP contribution in [0.15, 0.2) is 36.7 Å². The van der Waals surface area contributed by atoms with Gasteiger partial charge in [-0.3, -0.25) is 4.98 Å². The van der Waals surface area contributed by atoms with Crippen LogP contribution >= 0.6 is 23.2 Å². The van der Waals surface area contributed by atoms with Crippen molar-refractivity contribution in [3.05, 3.63) is 52.8 Å². The van der Waals surface area contributed by atoms with Gasteiger partial charge in [0.1, 0.15) is 0 Å². The molecule has 0 aliphatic heterocycles. The summed E-state index contributed by atoms with van der Waals surface area (Å²) in [4.78, 5) is 4.01. The summed E-state index contributed by atoms with van der Waals surface area (Å²) in [6.45, 7) is 0. The zero-order valence-corrected chi connectivity index (χ0v) is 8.68. The van der Waals surface area contributed by atoms with E-state index in [9.17, 15) is 0 Å². The minimum Gasteiger partial charge on any atom is -0.264 e. The van der Waals surface area contributed by atoms with Gasteiger partial charge < -0.3 is 0 Å². The SMILES string of the molecule is Clc1[c]ccc(Cl)c1-c1cccnc1. The van der Waals surface area contributed by atoms with E-state index >= 15 is 0 Å². The number of hydrogen-bond donors (Lipinski definition) is 0. The standard InChI is InChI=1S/C11H6Cl2N/c12-9-4-1-5-10(13)11(9)8-3-2-6-14-7-8/h1-4,6-7H. The molecule has 14 heavy (non-hydrogen) atoms. The van der Waals surface area contributed by atoms with Crippen molar-refractivity contribution in [3.8, 4) is 11.1 Å². The summed E-state index contributed by atoms with van der Waals surface area (Å²) in [5.41, 5.74) is 1.68. The molecule has 0 amide bonds. The largest absolute Gasteiger partial charge is 0.264 e. The zero-order valence-electron chi connectivity index (χ0n) is 7.17. The summed E-state index contributed by atoms with van der Waals surface area (Å²) in [7, 11) is 0. The van der Waals surface area contributed by atoms with Crippen molar-refractivity contribution in [1.82, 2.24) is 4.98 Å². The molecule has 0 fully saturated rings. The molecule has 1 heterocycles. The van der Waals surface area contributed by atoms with Crippen molar-refractivity contribution in [1.29, 1.82) is 0 Å². The molecule has 0 unspecified atom stereocenters. The molecule has 0 atom stereocenters. The predicted octanol–water partition coefficient (Wildman–Crippen LogP) is 3.86. The molecule has 0 spiro atoms. The van der Waals surface area contributed by atoms with Gasteiger partial charge in [0, 0.05) is 34.6 Å². The Morgan fingerprint density at radius 1 is 1.21 bits per heavy atom. The van der Waals surface area contributed by atoms with Gasteiger partial charge in [0.25, 0.3) is 0 Å². The van der Waals surface area contributed by atoms with Crippen molar-refractivity contribution >= 4 is 23.2 Å². The maximum Gasteiger partial charge on any atom is 0.0578 e. The first kappa shape index (κ1) is 9.50. The van der Waals surface area contributed by atoms with Gasteiger partial charge in [-0.25, -0.2) is 0 Å². The van der Waals surface area contributed by atoms with Crippen LogP contribution in [-0.2, 0) is 0 Å². The van der Waals surface area contributed by atoms with Crippen molar-refractivity contribution in [2.24, 2.45) is 0 Å². The van der Waals surface area contributed by atoms with E-state index in [0.717, 1.165) is 11.1 Å². The second-order valence-electron chi connectivity index (χ2n) is 2.76. The molecule has 2 rings (SSSR count). The Kier molecular flexibility index (Phi) is 2.71. The fraction of sp³-hybridized carbons (Fsp3) is 0. The molecule has 1 radical (unpaired) electrons. The van der Waals surface area contributed by atoms with Crippen LogP contribution in [-0.4, -0.2) is 4.98 Å². The second kappa shape index (κ2) is 3.99. The first-order valence-electron chi connectivity index (χ1n) is 4.05. The van der Waals surface area contributed by atoms with E-state index in [0.29, 0.717) is 10.0 Å². The summed E-state index contributed by atoms with van der Waals surface area (Å²) >= 11 is 12.0. The third-order valence-electron chi connectivity index (χ3n) is 1.85. The molecular formula is C11H6Cl2N. The van der Waals surface area contributed by atoms with Crippen LogP contribution in [0, 0.1) is 6.07 Å². The van der Waals surface area contributed by atoms with Crippen molar-refractivity contribution in [2.75, 3.05) is 0 Å². The molecule has 0 saturated heterocycles. The lowest BCUT2D eigenvalue weighted by atomic mass is 10.1. The monoisotopic (exact) mass is 222 g/mol. The van der Waals surface area contributed by atoms with Gasteiger partial charge in [-0.15, -0.1) is 0 Å². The zero-order chi connectivity index (χ0) is 9.97. The topological polar surface area (TPSA) is 12.9 Å². The number of nitrogens with zero attached hydrogens (tertiary/aromatic N) is 1. The van der Waals surface area contributed by atoms with Crippen LogP contribution in [0.1, 0.15) is 0 Å². The molecule has 0 N–H and O–H groups in total. The Hall–Kier alpha value is -1.05. The number of benzene rings is 1. The summed E-state index contributed by atoms with van der Waals surface area (Å²) in [5, 5.41) is 1.13. The fourth-order valence-electron chi connectivity index (χ4n) is 1.22. The van der Waals surface area contributed by atoms with Crippen LogP contribution < -0.4 is 0 Å². The molecule has 3 heteroatoms. The van der Waals surface area contributed by atoms with Gasteiger partial charge in [0.15, 0.2) is 0 Å². The highest BCUT2D eigenvalue weighted by atomic mass is 35.5. The third kappa shape index (κ3) is 1.74. The van der Waals surface area contributed by atoms with Crippen LogP contribution in [0.5, 0.6) is 0 Å². The van der Waals surface area contributed by atoms with Crippen LogP contribution in [0.3, 0.4) is 0 Å². The minimum absolute atomic E-state index is 0.519. The van der Waals surface area contributed by atoms with Gasteiger partial charge in [0.2, 0.25) is 0 Å². The average Bonchev–Trinajstić information content (AvgIpc) is 2.19. The number of hydrogen-bond acceptors (Lipinski definition) is 1. The number of halogens is 2. The normalized spacial score (nSPS) is 10.1. The molecule has 2 aromatic rings. The van der Waals surface area contributed by atoms with Crippen molar-refractivity contribution < 1.29 is 0 Å². The lowest BCUT2D eigenvalue weighted by molar-refractivity contribution is 1.33. The Bertz CT molecular complexity index is 420. The maximum atomic E-state index is 6.03. The van der Waals surface area contributed by atoms with E-state index in [4.69, 9.17) is 23.2 Å². The van der Waals surface area contributed by atoms with E-state index in [1.165, 1.54) is 0 Å². The summed E-state index contributed by atoms with van der Waals surface area (Å²) < 4.78 is 0. The highest BCUT2D eigenvalue weighted by molar-refractivity contribution is 6.39. The molecule has 1 nitrogen and oxygen atoms in total. The molecule has 69 valence electrons. The third-order valence-corrected chi connectivity index (χ3v) is 2.46. The summed E-state index contributed by atoms with van der Waals surface area (Å²) in [6.07, 6.45) is 3.43. The first-order chi connectivity index (χ1) is 6.79. The summed E-state index contributed by atoms with van der Waals surface area (Å²) in [5.74, 6) is 0. The Morgan fingerprint density at radius 3 is 2.71 bits per heavy atom.